The molecule has 1 aromatic rings. The summed E-state index contributed by atoms with van der Waals surface area (Å²) in [6.07, 6.45) is -5.23. The van der Waals surface area contributed by atoms with Crippen LogP contribution in [0.25, 0.3) is 0 Å². The molecule has 0 aliphatic heterocycles. The molecular formula is C13H17F4NO. The van der Waals surface area contributed by atoms with Crippen LogP contribution >= 0.6 is 0 Å². The van der Waals surface area contributed by atoms with E-state index < -0.39 is 24.5 Å². The molecule has 1 aromatic carbocycles. The van der Waals surface area contributed by atoms with Gasteiger partial charge in [0.15, 0.2) is 0 Å². The Bertz CT molecular complexity index is 429. The molecular weight excluding hydrogens is 262 g/mol. The first-order valence-electron chi connectivity index (χ1n) is 5.96. The van der Waals surface area contributed by atoms with E-state index >= 15 is 0 Å². The topological polar surface area (TPSA) is 35.2 Å². The molecule has 0 bridgehead atoms. The summed E-state index contributed by atoms with van der Waals surface area (Å²) in [5.41, 5.74) is 6.50. The number of hydrogen-bond acceptors (Lipinski definition) is 2. The molecule has 2 N–H and O–H groups in total. The largest absolute Gasteiger partial charge is 0.493 e. The minimum atomic E-state index is -4.19. The van der Waals surface area contributed by atoms with E-state index in [1.54, 1.807) is 13.8 Å². The van der Waals surface area contributed by atoms with Crippen LogP contribution in [0.3, 0.4) is 0 Å². The zero-order chi connectivity index (χ0) is 14.6. The Hall–Kier alpha value is -1.30. The molecule has 2 nitrogen and oxygen atoms in total. The average molecular weight is 279 g/mol. The highest BCUT2D eigenvalue weighted by Crippen LogP contribution is 2.28. The van der Waals surface area contributed by atoms with Gasteiger partial charge in [-0.05, 0) is 38.0 Å². The third kappa shape index (κ3) is 5.06. The van der Waals surface area contributed by atoms with E-state index in [0.717, 1.165) is 0 Å². The van der Waals surface area contributed by atoms with Crippen molar-refractivity contribution in [2.24, 2.45) is 5.73 Å². The van der Waals surface area contributed by atoms with Crippen molar-refractivity contribution in [1.82, 2.24) is 0 Å². The molecule has 108 valence electrons. The Morgan fingerprint density at radius 2 is 1.95 bits per heavy atom. The minimum Gasteiger partial charge on any atom is -0.493 e. The molecule has 0 aliphatic rings. The standard InChI is InChI=1S/C13H17F4NO/c1-8-6-12(10(9(2)18)7-11(8)14)19-5-3-4-13(15,16)17/h6-7,9H,3-5,18H2,1-2H3. The van der Waals surface area contributed by atoms with Crippen LogP contribution in [0, 0.1) is 12.7 Å². The molecule has 1 rings (SSSR count). The second-order valence-electron chi connectivity index (χ2n) is 4.50. The van der Waals surface area contributed by atoms with Gasteiger partial charge >= 0.3 is 6.18 Å². The number of benzene rings is 1. The van der Waals surface area contributed by atoms with Gasteiger partial charge in [-0.2, -0.15) is 13.2 Å². The number of ether oxygens (including phenoxy) is 1. The summed E-state index contributed by atoms with van der Waals surface area (Å²) in [6.45, 7) is 3.14. The van der Waals surface area contributed by atoms with Crippen molar-refractivity contribution in [2.75, 3.05) is 6.61 Å². The Balaban J connectivity index is 2.69. The molecule has 0 saturated carbocycles. The maximum atomic E-state index is 13.4. The van der Waals surface area contributed by atoms with E-state index in [1.807, 2.05) is 0 Å². The van der Waals surface area contributed by atoms with Crippen LogP contribution in [0.5, 0.6) is 5.75 Å². The van der Waals surface area contributed by atoms with E-state index in [0.29, 0.717) is 16.9 Å². The fraction of sp³-hybridized carbons (Fsp3) is 0.538. The quantitative estimate of drug-likeness (QED) is 0.656. The lowest BCUT2D eigenvalue weighted by Crippen LogP contribution is -2.12. The van der Waals surface area contributed by atoms with Gasteiger partial charge in [0.05, 0.1) is 6.61 Å². The Labute approximate surface area is 109 Å². The first kappa shape index (κ1) is 15.8. The molecule has 1 atom stereocenters. The lowest BCUT2D eigenvalue weighted by atomic mass is 10.1. The number of alkyl halides is 3. The molecule has 0 radical (unpaired) electrons. The van der Waals surface area contributed by atoms with Gasteiger partial charge < -0.3 is 10.5 Å². The van der Waals surface area contributed by atoms with Gasteiger partial charge in [-0.1, -0.05) is 0 Å². The highest BCUT2D eigenvalue weighted by Gasteiger charge is 2.26. The van der Waals surface area contributed by atoms with Crippen molar-refractivity contribution < 1.29 is 22.3 Å². The van der Waals surface area contributed by atoms with Gasteiger partial charge in [0, 0.05) is 18.0 Å². The fourth-order valence-corrected chi connectivity index (χ4v) is 1.61. The summed E-state index contributed by atoms with van der Waals surface area (Å²) < 4.78 is 54.6. The summed E-state index contributed by atoms with van der Waals surface area (Å²) >= 11 is 0. The van der Waals surface area contributed by atoms with Gasteiger partial charge in [0.2, 0.25) is 0 Å². The van der Waals surface area contributed by atoms with Crippen molar-refractivity contribution in [3.63, 3.8) is 0 Å². The molecule has 1 unspecified atom stereocenters. The molecule has 0 spiro atoms. The smallest absolute Gasteiger partial charge is 0.389 e. The molecule has 0 amide bonds. The zero-order valence-electron chi connectivity index (χ0n) is 10.9. The highest BCUT2D eigenvalue weighted by atomic mass is 19.4. The maximum Gasteiger partial charge on any atom is 0.389 e. The van der Waals surface area contributed by atoms with Crippen LogP contribution in [-0.2, 0) is 0 Å². The summed E-state index contributed by atoms with van der Waals surface area (Å²) in [5, 5.41) is 0. The van der Waals surface area contributed by atoms with E-state index in [-0.39, 0.29) is 13.0 Å². The Kier molecular flexibility index (Phi) is 5.17. The van der Waals surface area contributed by atoms with Gasteiger partial charge in [0.25, 0.3) is 0 Å². The summed E-state index contributed by atoms with van der Waals surface area (Å²) in [7, 11) is 0. The van der Waals surface area contributed by atoms with Gasteiger partial charge in [0.1, 0.15) is 11.6 Å². The molecule has 0 heterocycles. The van der Waals surface area contributed by atoms with Crippen LogP contribution in [0.2, 0.25) is 0 Å². The molecule has 6 heteroatoms. The second kappa shape index (κ2) is 6.23. The SMILES string of the molecule is Cc1cc(OCCCC(F)(F)F)c(C(C)N)cc1F. The van der Waals surface area contributed by atoms with Crippen LogP contribution in [-0.4, -0.2) is 12.8 Å². The second-order valence-corrected chi connectivity index (χ2v) is 4.50. The van der Waals surface area contributed by atoms with Crippen molar-refractivity contribution in [1.29, 1.82) is 0 Å². The average Bonchev–Trinajstić information content (AvgIpc) is 2.27. The fourth-order valence-electron chi connectivity index (χ4n) is 1.61. The number of aryl methyl sites for hydroxylation is 1. The summed E-state index contributed by atoms with van der Waals surface area (Å²) in [5.74, 6) is -0.0639. The number of nitrogens with two attached hydrogens (primary N) is 1. The number of hydrogen-bond donors (Lipinski definition) is 1. The van der Waals surface area contributed by atoms with Crippen molar-refractivity contribution in [3.05, 3.63) is 29.1 Å². The van der Waals surface area contributed by atoms with Crippen molar-refractivity contribution in [3.8, 4) is 5.75 Å². The van der Waals surface area contributed by atoms with Crippen LogP contribution < -0.4 is 10.5 Å². The summed E-state index contributed by atoms with van der Waals surface area (Å²) in [4.78, 5) is 0. The molecule has 19 heavy (non-hydrogen) atoms. The maximum absolute atomic E-state index is 13.4. The van der Waals surface area contributed by atoms with Crippen LogP contribution in [0.15, 0.2) is 12.1 Å². The summed E-state index contributed by atoms with van der Waals surface area (Å²) in [6, 6.07) is 2.27. The monoisotopic (exact) mass is 279 g/mol. The van der Waals surface area contributed by atoms with E-state index in [1.165, 1.54) is 12.1 Å². The van der Waals surface area contributed by atoms with Crippen LogP contribution in [0.1, 0.15) is 36.9 Å². The molecule has 0 saturated heterocycles. The predicted molar refractivity (Wildman–Crippen MR) is 64.5 cm³/mol. The molecule has 0 aliphatic carbocycles. The predicted octanol–water partition coefficient (Wildman–Crippen LogP) is 3.88. The lowest BCUT2D eigenvalue weighted by Gasteiger charge is -2.15. The third-order valence-electron chi connectivity index (χ3n) is 2.64. The Morgan fingerprint density at radius 3 is 2.47 bits per heavy atom. The number of rotatable bonds is 5. The van der Waals surface area contributed by atoms with Crippen LogP contribution in [0.4, 0.5) is 17.6 Å². The zero-order valence-corrected chi connectivity index (χ0v) is 10.9. The lowest BCUT2D eigenvalue weighted by molar-refractivity contribution is -0.136. The van der Waals surface area contributed by atoms with Gasteiger partial charge in [-0.25, -0.2) is 4.39 Å². The van der Waals surface area contributed by atoms with Gasteiger partial charge in [-0.15, -0.1) is 0 Å². The third-order valence-corrected chi connectivity index (χ3v) is 2.64. The first-order valence-corrected chi connectivity index (χ1v) is 5.96. The molecule has 0 aromatic heterocycles. The van der Waals surface area contributed by atoms with E-state index in [4.69, 9.17) is 10.5 Å². The van der Waals surface area contributed by atoms with E-state index in [9.17, 15) is 17.6 Å². The van der Waals surface area contributed by atoms with E-state index in [2.05, 4.69) is 0 Å². The van der Waals surface area contributed by atoms with Crippen molar-refractivity contribution >= 4 is 0 Å². The first-order chi connectivity index (χ1) is 8.70. The minimum absolute atomic E-state index is 0.0791. The van der Waals surface area contributed by atoms with Crippen molar-refractivity contribution in [2.45, 2.75) is 38.9 Å². The number of halogens is 4. The highest BCUT2D eigenvalue weighted by molar-refractivity contribution is 5.39. The molecule has 0 fully saturated rings. The Morgan fingerprint density at radius 1 is 1.32 bits per heavy atom. The van der Waals surface area contributed by atoms with Gasteiger partial charge in [-0.3, -0.25) is 0 Å². The normalized spacial score (nSPS) is 13.4.